The summed E-state index contributed by atoms with van der Waals surface area (Å²) in [5.74, 6) is -0.159. The van der Waals surface area contributed by atoms with Gasteiger partial charge < -0.3 is 10.6 Å². The molecule has 0 aromatic heterocycles. The van der Waals surface area contributed by atoms with Gasteiger partial charge in [0.05, 0.1) is 12.6 Å². The first-order valence-corrected chi connectivity index (χ1v) is 5.39. The summed E-state index contributed by atoms with van der Waals surface area (Å²) < 4.78 is 0. The fraction of sp³-hybridized carbons (Fsp3) is 0.800. The topological polar surface area (TPSA) is 70.2 Å². The van der Waals surface area contributed by atoms with Crippen LogP contribution in [-0.4, -0.2) is 37.5 Å². The largest absolute Gasteiger partial charge is 0.355 e. The fourth-order valence-electron chi connectivity index (χ4n) is 0.999. The Labute approximate surface area is 91.0 Å². The summed E-state index contributed by atoms with van der Waals surface area (Å²) in [4.78, 5) is 22.4. The van der Waals surface area contributed by atoms with Crippen molar-refractivity contribution in [3.63, 3.8) is 0 Å². The number of likely N-dealkylation sites (N-methyl/N-ethyl adjacent to an activating group) is 1. The summed E-state index contributed by atoms with van der Waals surface area (Å²) in [6, 6.07) is -0.334. The van der Waals surface area contributed by atoms with Gasteiger partial charge in [0.15, 0.2) is 0 Å². The van der Waals surface area contributed by atoms with E-state index in [0.717, 1.165) is 6.42 Å². The lowest BCUT2D eigenvalue weighted by molar-refractivity contribution is -0.123. The van der Waals surface area contributed by atoms with Crippen LogP contribution in [0.15, 0.2) is 0 Å². The van der Waals surface area contributed by atoms with Crippen LogP contribution in [0.5, 0.6) is 0 Å². The van der Waals surface area contributed by atoms with E-state index < -0.39 is 0 Å². The van der Waals surface area contributed by atoms with E-state index in [0.29, 0.717) is 13.1 Å². The van der Waals surface area contributed by atoms with Gasteiger partial charge in [-0.25, -0.2) is 0 Å². The Balaban J connectivity index is 3.67. The predicted molar refractivity (Wildman–Crippen MR) is 59.4 cm³/mol. The van der Waals surface area contributed by atoms with Crippen molar-refractivity contribution in [1.29, 1.82) is 0 Å². The van der Waals surface area contributed by atoms with Gasteiger partial charge in [0.2, 0.25) is 11.8 Å². The molecular formula is C10H21N3O2. The van der Waals surface area contributed by atoms with Crippen molar-refractivity contribution >= 4 is 11.8 Å². The number of amides is 2. The Bertz CT molecular complexity index is 207. The maximum atomic E-state index is 11.4. The third kappa shape index (κ3) is 6.90. The monoisotopic (exact) mass is 215 g/mol. The summed E-state index contributed by atoms with van der Waals surface area (Å²) in [7, 11) is 0. The van der Waals surface area contributed by atoms with Crippen molar-refractivity contribution in [2.24, 2.45) is 0 Å². The Morgan fingerprint density at radius 2 is 1.87 bits per heavy atom. The van der Waals surface area contributed by atoms with E-state index in [4.69, 9.17) is 0 Å². The molecule has 0 saturated carbocycles. The molecule has 0 bridgehead atoms. The van der Waals surface area contributed by atoms with Gasteiger partial charge in [0.25, 0.3) is 0 Å². The van der Waals surface area contributed by atoms with Gasteiger partial charge in [-0.05, 0) is 20.3 Å². The van der Waals surface area contributed by atoms with Crippen LogP contribution in [0, 0.1) is 0 Å². The number of hydrogen-bond acceptors (Lipinski definition) is 3. The van der Waals surface area contributed by atoms with E-state index in [2.05, 4.69) is 16.0 Å². The van der Waals surface area contributed by atoms with Crippen molar-refractivity contribution in [3.05, 3.63) is 0 Å². The lowest BCUT2D eigenvalue weighted by Gasteiger charge is -2.13. The van der Waals surface area contributed by atoms with Crippen LogP contribution in [-0.2, 0) is 9.59 Å². The average Bonchev–Trinajstić information content (AvgIpc) is 2.22. The molecule has 0 rings (SSSR count). The molecule has 0 aliphatic carbocycles. The molecule has 88 valence electrons. The second kappa shape index (κ2) is 8.23. The molecule has 5 nitrogen and oxygen atoms in total. The highest BCUT2D eigenvalue weighted by atomic mass is 16.2. The third-order valence-electron chi connectivity index (χ3n) is 1.89. The first-order chi connectivity index (χ1) is 7.11. The van der Waals surface area contributed by atoms with Crippen molar-refractivity contribution in [2.75, 3.05) is 19.6 Å². The molecule has 15 heavy (non-hydrogen) atoms. The van der Waals surface area contributed by atoms with Crippen molar-refractivity contribution in [3.8, 4) is 0 Å². The van der Waals surface area contributed by atoms with E-state index in [1.165, 1.54) is 0 Å². The van der Waals surface area contributed by atoms with Crippen LogP contribution >= 0.6 is 0 Å². The Kier molecular flexibility index (Phi) is 7.62. The molecule has 2 amide bonds. The van der Waals surface area contributed by atoms with Crippen LogP contribution < -0.4 is 16.0 Å². The molecule has 5 heteroatoms. The summed E-state index contributed by atoms with van der Waals surface area (Å²) in [6.45, 7) is 7.05. The normalized spacial score (nSPS) is 11.9. The van der Waals surface area contributed by atoms with Gasteiger partial charge in [-0.2, -0.15) is 0 Å². The molecule has 0 radical (unpaired) electrons. The van der Waals surface area contributed by atoms with Crippen LogP contribution in [0.3, 0.4) is 0 Å². The first kappa shape index (κ1) is 13.9. The van der Waals surface area contributed by atoms with Crippen molar-refractivity contribution in [1.82, 2.24) is 16.0 Å². The van der Waals surface area contributed by atoms with E-state index in [-0.39, 0.29) is 24.4 Å². The third-order valence-corrected chi connectivity index (χ3v) is 1.89. The summed E-state index contributed by atoms with van der Waals surface area (Å²) >= 11 is 0. The number of hydrogen-bond donors (Lipinski definition) is 3. The minimum Gasteiger partial charge on any atom is -0.355 e. The quantitative estimate of drug-likeness (QED) is 0.542. The van der Waals surface area contributed by atoms with Gasteiger partial charge in [0, 0.05) is 13.1 Å². The number of carbonyl (C=O) groups is 2. The summed E-state index contributed by atoms with van der Waals surface area (Å²) in [5, 5.41) is 8.26. The lowest BCUT2D eigenvalue weighted by atomic mass is 10.3. The maximum absolute atomic E-state index is 11.4. The molecular weight excluding hydrogens is 194 g/mol. The molecule has 0 aliphatic heterocycles. The molecule has 0 heterocycles. The molecule has 0 aromatic carbocycles. The zero-order valence-electron chi connectivity index (χ0n) is 9.72. The SMILES string of the molecule is CCCNC(=O)C(C)NCC(=O)NCC. The highest BCUT2D eigenvalue weighted by Crippen LogP contribution is 1.82. The molecule has 1 atom stereocenters. The minimum absolute atomic E-state index is 0.0684. The highest BCUT2D eigenvalue weighted by Gasteiger charge is 2.12. The molecule has 0 spiro atoms. The maximum Gasteiger partial charge on any atom is 0.236 e. The standard InChI is InChI=1S/C10H21N3O2/c1-4-6-12-10(15)8(3)13-7-9(14)11-5-2/h8,13H,4-7H2,1-3H3,(H,11,14)(H,12,15). The second-order valence-corrected chi connectivity index (χ2v) is 3.35. The molecule has 0 fully saturated rings. The molecule has 0 aromatic rings. The van der Waals surface area contributed by atoms with E-state index in [1.54, 1.807) is 6.92 Å². The molecule has 0 saturated heterocycles. The Morgan fingerprint density at radius 3 is 2.40 bits per heavy atom. The fourth-order valence-corrected chi connectivity index (χ4v) is 0.999. The highest BCUT2D eigenvalue weighted by molar-refractivity contribution is 5.83. The number of carbonyl (C=O) groups excluding carboxylic acids is 2. The van der Waals surface area contributed by atoms with Crippen molar-refractivity contribution in [2.45, 2.75) is 33.2 Å². The van der Waals surface area contributed by atoms with Gasteiger partial charge >= 0.3 is 0 Å². The Morgan fingerprint density at radius 1 is 1.20 bits per heavy atom. The van der Waals surface area contributed by atoms with E-state index in [1.807, 2.05) is 13.8 Å². The van der Waals surface area contributed by atoms with Gasteiger partial charge in [-0.3, -0.25) is 14.9 Å². The summed E-state index contributed by atoms with van der Waals surface area (Å²) in [6.07, 6.45) is 0.911. The Hall–Kier alpha value is -1.10. The van der Waals surface area contributed by atoms with Gasteiger partial charge in [0.1, 0.15) is 0 Å². The van der Waals surface area contributed by atoms with Crippen molar-refractivity contribution < 1.29 is 9.59 Å². The van der Waals surface area contributed by atoms with Crippen LogP contribution in [0.2, 0.25) is 0 Å². The van der Waals surface area contributed by atoms with Gasteiger partial charge in [-0.1, -0.05) is 6.92 Å². The molecule has 3 N–H and O–H groups in total. The van der Waals surface area contributed by atoms with E-state index in [9.17, 15) is 9.59 Å². The second-order valence-electron chi connectivity index (χ2n) is 3.35. The zero-order valence-corrected chi connectivity index (χ0v) is 9.72. The molecule has 0 aliphatic rings. The smallest absolute Gasteiger partial charge is 0.236 e. The van der Waals surface area contributed by atoms with Crippen LogP contribution in [0.25, 0.3) is 0 Å². The lowest BCUT2D eigenvalue weighted by Crippen LogP contribution is -2.46. The summed E-state index contributed by atoms with van der Waals surface area (Å²) in [5.41, 5.74) is 0. The predicted octanol–water partition coefficient (Wildman–Crippen LogP) is -0.373. The molecule has 1 unspecified atom stereocenters. The number of nitrogens with one attached hydrogen (secondary N) is 3. The van der Waals surface area contributed by atoms with Gasteiger partial charge in [-0.15, -0.1) is 0 Å². The zero-order chi connectivity index (χ0) is 11.7. The number of rotatable bonds is 7. The average molecular weight is 215 g/mol. The first-order valence-electron chi connectivity index (χ1n) is 5.39. The minimum atomic E-state index is -0.334. The van der Waals surface area contributed by atoms with E-state index >= 15 is 0 Å². The van der Waals surface area contributed by atoms with Crippen LogP contribution in [0.4, 0.5) is 0 Å². The van der Waals surface area contributed by atoms with Crippen LogP contribution in [0.1, 0.15) is 27.2 Å².